The molecule has 0 saturated heterocycles. The monoisotopic (exact) mass is 354 g/mol. The fourth-order valence-electron chi connectivity index (χ4n) is 2.75. The lowest BCUT2D eigenvalue weighted by molar-refractivity contribution is -0.123. The maximum absolute atomic E-state index is 12.5. The summed E-state index contributed by atoms with van der Waals surface area (Å²) in [5.41, 5.74) is 1.94. The maximum Gasteiger partial charge on any atom is 0.287 e. The van der Waals surface area contributed by atoms with E-state index in [1.807, 2.05) is 42.7 Å². The largest absolute Gasteiger partial charge is 0.459 e. The topological polar surface area (TPSA) is 89.2 Å². The number of aromatic nitrogens is 2. The van der Waals surface area contributed by atoms with Gasteiger partial charge in [0.05, 0.1) is 23.6 Å². The normalized spacial score (nSPS) is 12.3. The van der Waals surface area contributed by atoms with E-state index in [0.717, 1.165) is 11.0 Å². The van der Waals surface area contributed by atoms with E-state index in [9.17, 15) is 9.59 Å². The zero-order chi connectivity index (χ0) is 18.5. The van der Waals surface area contributed by atoms with Crippen molar-refractivity contribution in [3.05, 3.63) is 54.7 Å². The number of carbonyl (C=O) groups is 2. The zero-order valence-corrected chi connectivity index (χ0v) is 14.8. The summed E-state index contributed by atoms with van der Waals surface area (Å²) in [7, 11) is 0. The summed E-state index contributed by atoms with van der Waals surface area (Å²) >= 11 is 0. The Morgan fingerprint density at radius 3 is 2.73 bits per heavy atom. The van der Waals surface area contributed by atoms with Gasteiger partial charge in [0.15, 0.2) is 5.76 Å². The Hall–Kier alpha value is -3.09. The van der Waals surface area contributed by atoms with Crippen LogP contribution in [0.3, 0.4) is 0 Å². The molecule has 0 bridgehead atoms. The lowest BCUT2D eigenvalue weighted by Crippen LogP contribution is -2.50. The summed E-state index contributed by atoms with van der Waals surface area (Å²) in [5, 5.41) is 5.61. The summed E-state index contributed by atoms with van der Waals surface area (Å²) in [6.07, 6.45) is 3.18. The Labute approximate surface area is 151 Å². The second-order valence-electron chi connectivity index (χ2n) is 6.39. The summed E-state index contributed by atoms with van der Waals surface area (Å²) in [6, 6.07) is 10.4. The number of nitrogens with one attached hydrogen (secondary N) is 2. The van der Waals surface area contributed by atoms with Gasteiger partial charge >= 0.3 is 0 Å². The fourth-order valence-corrected chi connectivity index (χ4v) is 2.75. The van der Waals surface area contributed by atoms with Crippen LogP contribution in [-0.2, 0) is 11.3 Å². The minimum atomic E-state index is -0.632. The molecule has 2 heterocycles. The number of furan rings is 1. The minimum absolute atomic E-state index is 0.0528. The van der Waals surface area contributed by atoms with Crippen LogP contribution < -0.4 is 10.6 Å². The fraction of sp³-hybridized carbons (Fsp3) is 0.316. The van der Waals surface area contributed by atoms with Crippen LogP contribution >= 0.6 is 0 Å². The van der Waals surface area contributed by atoms with Gasteiger partial charge in [0.1, 0.15) is 6.04 Å². The summed E-state index contributed by atoms with van der Waals surface area (Å²) in [6.45, 7) is 4.81. The van der Waals surface area contributed by atoms with E-state index in [0.29, 0.717) is 13.1 Å². The molecule has 1 aromatic carbocycles. The van der Waals surface area contributed by atoms with Crippen LogP contribution in [-0.4, -0.2) is 34.0 Å². The van der Waals surface area contributed by atoms with Crippen LogP contribution in [0.4, 0.5) is 0 Å². The van der Waals surface area contributed by atoms with E-state index in [4.69, 9.17) is 4.42 Å². The van der Waals surface area contributed by atoms with E-state index >= 15 is 0 Å². The van der Waals surface area contributed by atoms with Crippen molar-refractivity contribution in [3.8, 4) is 0 Å². The molecule has 7 nitrogen and oxygen atoms in total. The average Bonchev–Trinajstić information content (AvgIpc) is 3.29. The standard InChI is InChI=1S/C19H22N4O3/c1-13(2)17(22-18(24)16-8-5-11-26-16)19(25)20-9-10-23-12-21-14-6-3-4-7-15(14)23/h3-8,11-13,17H,9-10H2,1-2H3,(H,20,25)(H,22,24)/t17-/m1/s1. The van der Waals surface area contributed by atoms with Crippen molar-refractivity contribution in [1.82, 2.24) is 20.2 Å². The predicted molar refractivity (Wildman–Crippen MR) is 97.5 cm³/mol. The van der Waals surface area contributed by atoms with Gasteiger partial charge in [0.25, 0.3) is 5.91 Å². The molecule has 0 radical (unpaired) electrons. The molecule has 7 heteroatoms. The number of benzene rings is 1. The third-order valence-electron chi connectivity index (χ3n) is 4.16. The van der Waals surface area contributed by atoms with Crippen LogP contribution in [0.25, 0.3) is 11.0 Å². The molecular formula is C19H22N4O3. The van der Waals surface area contributed by atoms with E-state index in [1.54, 1.807) is 18.5 Å². The number of nitrogens with zero attached hydrogens (tertiary/aromatic N) is 2. The van der Waals surface area contributed by atoms with Gasteiger partial charge in [-0.3, -0.25) is 9.59 Å². The van der Waals surface area contributed by atoms with Gasteiger partial charge in [-0.25, -0.2) is 4.98 Å². The number of hydrogen-bond donors (Lipinski definition) is 2. The van der Waals surface area contributed by atoms with Crippen molar-refractivity contribution < 1.29 is 14.0 Å². The average molecular weight is 354 g/mol. The van der Waals surface area contributed by atoms with Crippen molar-refractivity contribution in [2.24, 2.45) is 5.92 Å². The zero-order valence-electron chi connectivity index (χ0n) is 14.8. The van der Waals surface area contributed by atoms with Crippen LogP contribution in [0.15, 0.2) is 53.4 Å². The van der Waals surface area contributed by atoms with Gasteiger partial charge in [-0.15, -0.1) is 0 Å². The molecular weight excluding hydrogens is 332 g/mol. The molecule has 0 fully saturated rings. The SMILES string of the molecule is CC(C)[C@@H](NC(=O)c1ccco1)C(=O)NCCn1cnc2ccccc21. The lowest BCUT2D eigenvalue weighted by atomic mass is 10.0. The predicted octanol–water partition coefficient (Wildman–Crippen LogP) is 2.20. The Balaban J connectivity index is 1.57. The van der Waals surface area contributed by atoms with Crippen LogP contribution in [0.1, 0.15) is 24.4 Å². The molecule has 0 unspecified atom stereocenters. The van der Waals surface area contributed by atoms with Crippen molar-refractivity contribution in [2.75, 3.05) is 6.54 Å². The molecule has 0 saturated carbocycles. The van der Waals surface area contributed by atoms with Gasteiger partial charge in [-0.05, 0) is 30.2 Å². The maximum atomic E-state index is 12.5. The highest BCUT2D eigenvalue weighted by Gasteiger charge is 2.25. The van der Waals surface area contributed by atoms with Crippen LogP contribution in [0.5, 0.6) is 0 Å². The molecule has 2 aromatic heterocycles. The van der Waals surface area contributed by atoms with Gasteiger partial charge in [-0.1, -0.05) is 26.0 Å². The van der Waals surface area contributed by atoms with Crippen LogP contribution in [0.2, 0.25) is 0 Å². The first kappa shape index (κ1) is 17.7. The molecule has 2 amide bonds. The van der Waals surface area contributed by atoms with E-state index in [2.05, 4.69) is 15.6 Å². The molecule has 0 aliphatic rings. The second-order valence-corrected chi connectivity index (χ2v) is 6.39. The smallest absolute Gasteiger partial charge is 0.287 e. The number of fused-ring (bicyclic) bond motifs is 1. The van der Waals surface area contributed by atoms with Crippen molar-refractivity contribution in [3.63, 3.8) is 0 Å². The molecule has 3 rings (SSSR count). The van der Waals surface area contributed by atoms with Gasteiger partial charge in [0, 0.05) is 13.1 Å². The molecule has 26 heavy (non-hydrogen) atoms. The third kappa shape index (κ3) is 3.93. The van der Waals surface area contributed by atoms with Gasteiger partial charge < -0.3 is 19.6 Å². The second kappa shape index (κ2) is 7.86. The van der Waals surface area contributed by atoms with Crippen LogP contribution in [0, 0.1) is 5.92 Å². The lowest BCUT2D eigenvalue weighted by Gasteiger charge is -2.21. The summed E-state index contributed by atoms with van der Waals surface area (Å²) in [5.74, 6) is -0.481. The summed E-state index contributed by atoms with van der Waals surface area (Å²) in [4.78, 5) is 29.0. The highest BCUT2D eigenvalue weighted by molar-refractivity contribution is 5.95. The molecule has 0 aliphatic heterocycles. The summed E-state index contributed by atoms with van der Waals surface area (Å²) < 4.78 is 7.06. The molecule has 2 N–H and O–H groups in total. The quantitative estimate of drug-likeness (QED) is 0.681. The number of rotatable bonds is 7. The highest BCUT2D eigenvalue weighted by atomic mass is 16.3. The minimum Gasteiger partial charge on any atom is -0.459 e. The van der Waals surface area contributed by atoms with Crippen molar-refractivity contribution in [1.29, 1.82) is 0 Å². The molecule has 3 aromatic rings. The van der Waals surface area contributed by atoms with Crippen molar-refractivity contribution in [2.45, 2.75) is 26.4 Å². The highest BCUT2D eigenvalue weighted by Crippen LogP contribution is 2.11. The molecule has 1 atom stereocenters. The number of amides is 2. The van der Waals surface area contributed by atoms with E-state index in [-0.39, 0.29) is 17.6 Å². The van der Waals surface area contributed by atoms with E-state index in [1.165, 1.54) is 6.26 Å². The first-order valence-electron chi connectivity index (χ1n) is 8.58. The molecule has 0 aliphatic carbocycles. The van der Waals surface area contributed by atoms with Crippen molar-refractivity contribution >= 4 is 22.8 Å². The number of carbonyl (C=O) groups excluding carboxylic acids is 2. The first-order chi connectivity index (χ1) is 12.6. The number of hydrogen-bond acceptors (Lipinski definition) is 4. The number of imidazole rings is 1. The Morgan fingerprint density at radius 2 is 2.00 bits per heavy atom. The van der Waals surface area contributed by atoms with Gasteiger partial charge in [-0.2, -0.15) is 0 Å². The first-order valence-corrected chi connectivity index (χ1v) is 8.58. The Morgan fingerprint density at radius 1 is 1.19 bits per heavy atom. The Kier molecular flexibility index (Phi) is 5.36. The molecule has 0 spiro atoms. The van der Waals surface area contributed by atoms with E-state index < -0.39 is 11.9 Å². The molecule has 136 valence electrons. The Bertz CT molecular complexity index is 883. The number of para-hydroxylation sites is 2. The van der Waals surface area contributed by atoms with Gasteiger partial charge in [0.2, 0.25) is 5.91 Å². The third-order valence-corrected chi connectivity index (χ3v) is 4.16.